The Balaban J connectivity index is 1.50. The highest BCUT2D eigenvalue weighted by atomic mass is 16.7. The first-order valence-electron chi connectivity index (χ1n) is 9.89. The number of amides is 1. The van der Waals surface area contributed by atoms with Crippen LogP contribution >= 0.6 is 0 Å². The molecule has 2 saturated heterocycles. The molecular formula is C19H29BN4O3. The lowest BCUT2D eigenvalue weighted by Crippen LogP contribution is -2.42. The zero-order chi connectivity index (χ0) is 19.4. The number of carbonyl (C=O) groups is 1. The van der Waals surface area contributed by atoms with Gasteiger partial charge in [-0.2, -0.15) is 0 Å². The van der Waals surface area contributed by atoms with E-state index in [1.54, 1.807) is 6.92 Å². The Hall–Kier alpha value is -1.67. The van der Waals surface area contributed by atoms with Crippen molar-refractivity contribution in [1.82, 2.24) is 14.9 Å². The molecule has 146 valence electrons. The van der Waals surface area contributed by atoms with E-state index in [9.17, 15) is 4.79 Å². The zero-order valence-corrected chi connectivity index (χ0v) is 16.9. The third-order valence-corrected chi connectivity index (χ3v) is 6.36. The molecule has 3 fully saturated rings. The Morgan fingerprint density at radius 2 is 1.70 bits per heavy atom. The number of likely N-dealkylation sites (tertiary alicyclic amines) is 1. The highest BCUT2D eigenvalue weighted by molar-refractivity contribution is 6.61. The van der Waals surface area contributed by atoms with Gasteiger partial charge in [0.25, 0.3) is 0 Å². The van der Waals surface area contributed by atoms with Gasteiger partial charge in [0.15, 0.2) is 0 Å². The summed E-state index contributed by atoms with van der Waals surface area (Å²) < 4.78 is 12.2. The van der Waals surface area contributed by atoms with Crippen molar-refractivity contribution < 1.29 is 14.1 Å². The third-order valence-electron chi connectivity index (χ3n) is 6.36. The van der Waals surface area contributed by atoms with Crippen LogP contribution in [-0.4, -0.2) is 64.3 Å². The molecule has 3 aliphatic rings. The Bertz CT molecular complexity index is 704. The van der Waals surface area contributed by atoms with Crippen molar-refractivity contribution in [2.24, 2.45) is 0 Å². The molecular weight excluding hydrogens is 343 g/mol. The van der Waals surface area contributed by atoms with Gasteiger partial charge in [0, 0.05) is 43.9 Å². The Labute approximate surface area is 161 Å². The second kappa shape index (κ2) is 6.45. The van der Waals surface area contributed by atoms with Crippen LogP contribution in [0.1, 0.15) is 53.9 Å². The fourth-order valence-electron chi connectivity index (χ4n) is 3.80. The van der Waals surface area contributed by atoms with Gasteiger partial charge in [-0.3, -0.25) is 4.79 Å². The number of hydrogen-bond acceptors (Lipinski definition) is 6. The van der Waals surface area contributed by atoms with Crippen molar-refractivity contribution in [3.63, 3.8) is 0 Å². The predicted molar refractivity (Wildman–Crippen MR) is 104 cm³/mol. The van der Waals surface area contributed by atoms with E-state index in [0.29, 0.717) is 12.1 Å². The summed E-state index contributed by atoms with van der Waals surface area (Å²) in [5.74, 6) is 0.887. The van der Waals surface area contributed by atoms with Gasteiger partial charge in [-0.05, 0) is 47.0 Å². The predicted octanol–water partition coefficient (Wildman–Crippen LogP) is 1.37. The molecule has 0 bridgehead atoms. The minimum atomic E-state index is -0.446. The first kappa shape index (κ1) is 18.7. The van der Waals surface area contributed by atoms with Crippen LogP contribution < -0.4 is 10.4 Å². The van der Waals surface area contributed by atoms with E-state index in [-0.39, 0.29) is 17.1 Å². The first-order chi connectivity index (χ1) is 12.7. The van der Waals surface area contributed by atoms with Crippen LogP contribution in [0.4, 0.5) is 5.95 Å². The fraction of sp³-hybridized carbons (Fsp3) is 0.737. The van der Waals surface area contributed by atoms with Gasteiger partial charge in [0.1, 0.15) is 0 Å². The number of rotatable bonds is 4. The lowest BCUT2D eigenvalue weighted by Gasteiger charge is -2.32. The number of anilines is 1. The molecule has 7 nitrogen and oxygen atoms in total. The summed E-state index contributed by atoms with van der Waals surface area (Å²) in [5, 5.41) is 0. The molecule has 0 radical (unpaired) electrons. The van der Waals surface area contributed by atoms with Crippen molar-refractivity contribution in [1.29, 1.82) is 0 Å². The molecule has 2 aliphatic heterocycles. The van der Waals surface area contributed by atoms with Crippen LogP contribution in [0.3, 0.4) is 0 Å². The average Bonchev–Trinajstić information content (AvgIpc) is 3.24. The van der Waals surface area contributed by atoms with Crippen LogP contribution in [0.15, 0.2) is 12.4 Å². The molecule has 0 spiro atoms. The topological polar surface area (TPSA) is 67.8 Å². The van der Waals surface area contributed by atoms with Crippen molar-refractivity contribution in [2.45, 2.75) is 77.2 Å². The Morgan fingerprint density at radius 1 is 1.11 bits per heavy atom. The summed E-state index contributed by atoms with van der Waals surface area (Å²) in [5.41, 5.74) is 0.0807. The van der Waals surface area contributed by atoms with E-state index in [1.165, 1.54) is 12.8 Å². The van der Waals surface area contributed by atoms with Gasteiger partial charge < -0.3 is 19.1 Å². The smallest absolute Gasteiger partial charge is 0.399 e. The number of aromatic nitrogens is 2. The second-order valence-corrected chi connectivity index (χ2v) is 8.95. The van der Waals surface area contributed by atoms with Crippen molar-refractivity contribution in [3.8, 4) is 0 Å². The highest BCUT2D eigenvalue weighted by Crippen LogP contribution is 2.37. The summed E-state index contributed by atoms with van der Waals surface area (Å²) in [4.78, 5) is 25.2. The largest absolute Gasteiger partial charge is 0.498 e. The number of nitrogens with zero attached hydrogens (tertiary/aromatic N) is 4. The zero-order valence-electron chi connectivity index (χ0n) is 16.9. The van der Waals surface area contributed by atoms with E-state index in [4.69, 9.17) is 9.31 Å². The summed E-state index contributed by atoms with van der Waals surface area (Å²) in [6.07, 6.45) is 6.94. The van der Waals surface area contributed by atoms with Crippen LogP contribution in [-0.2, 0) is 14.1 Å². The van der Waals surface area contributed by atoms with E-state index in [0.717, 1.165) is 30.9 Å². The van der Waals surface area contributed by atoms with Gasteiger partial charge in [0.2, 0.25) is 11.9 Å². The summed E-state index contributed by atoms with van der Waals surface area (Å²) >= 11 is 0. The maximum absolute atomic E-state index is 11.7. The molecule has 1 aromatic heterocycles. The van der Waals surface area contributed by atoms with E-state index < -0.39 is 7.12 Å². The molecule has 1 amide bonds. The number of carbonyl (C=O) groups excluding carboxylic acids is 1. The van der Waals surface area contributed by atoms with Crippen molar-refractivity contribution >= 4 is 24.4 Å². The lowest BCUT2D eigenvalue weighted by molar-refractivity contribution is -0.127. The molecule has 8 heteroatoms. The van der Waals surface area contributed by atoms with E-state index in [2.05, 4.69) is 14.9 Å². The molecule has 1 unspecified atom stereocenters. The normalized spacial score (nSPS) is 26.5. The van der Waals surface area contributed by atoms with Gasteiger partial charge in [0.05, 0.1) is 17.2 Å². The molecule has 1 atom stereocenters. The van der Waals surface area contributed by atoms with Crippen LogP contribution in [0.25, 0.3) is 0 Å². The summed E-state index contributed by atoms with van der Waals surface area (Å²) in [6, 6.07) is 0.786. The van der Waals surface area contributed by atoms with Crippen LogP contribution in [0.2, 0.25) is 0 Å². The second-order valence-electron chi connectivity index (χ2n) is 8.95. The average molecular weight is 372 g/mol. The molecule has 1 saturated carbocycles. The van der Waals surface area contributed by atoms with E-state index in [1.807, 2.05) is 45.0 Å². The molecule has 1 aromatic rings. The molecule has 3 heterocycles. The maximum Gasteiger partial charge on any atom is 0.498 e. The highest BCUT2D eigenvalue weighted by Gasteiger charge is 2.52. The molecule has 4 rings (SSSR count). The standard InChI is InChI=1S/C19H29BN4O3/c1-13(25)23-9-8-16(12-23)24(15-6-7-15)17-21-10-14(11-22-17)20-26-18(2,3)19(4,5)27-20/h10-11,15-16H,6-9,12H2,1-5H3. The van der Waals surface area contributed by atoms with Crippen molar-refractivity contribution in [3.05, 3.63) is 12.4 Å². The SMILES string of the molecule is CC(=O)N1CCC(N(c2ncc(B3OC(C)(C)C(C)(C)O3)cn2)C2CC2)C1. The fourth-order valence-corrected chi connectivity index (χ4v) is 3.80. The Kier molecular flexibility index (Phi) is 4.46. The monoisotopic (exact) mass is 372 g/mol. The lowest BCUT2D eigenvalue weighted by atomic mass is 9.81. The quantitative estimate of drug-likeness (QED) is 0.744. The van der Waals surface area contributed by atoms with Gasteiger partial charge in [-0.15, -0.1) is 0 Å². The van der Waals surface area contributed by atoms with Crippen LogP contribution in [0, 0.1) is 0 Å². The summed E-state index contributed by atoms with van der Waals surface area (Å²) in [6.45, 7) is 11.4. The molecule has 0 N–H and O–H groups in total. The first-order valence-corrected chi connectivity index (χ1v) is 9.89. The van der Waals surface area contributed by atoms with Crippen molar-refractivity contribution in [2.75, 3.05) is 18.0 Å². The van der Waals surface area contributed by atoms with Gasteiger partial charge in [-0.25, -0.2) is 9.97 Å². The molecule has 27 heavy (non-hydrogen) atoms. The maximum atomic E-state index is 11.7. The minimum absolute atomic E-state index is 0.144. The van der Waals surface area contributed by atoms with Gasteiger partial charge in [-0.1, -0.05) is 0 Å². The van der Waals surface area contributed by atoms with Gasteiger partial charge >= 0.3 is 7.12 Å². The minimum Gasteiger partial charge on any atom is -0.399 e. The third kappa shape index (κ3) is 3.45. The van der Waals surface area contributed by atoms with Crippen LogP contribution in [0.5, 0.6) is 0 Å². The Morgan fingerprint density at radius 3 is 2.19 bits per heavy atom. The molecule has 1 aliphatic carbocycles. The number of hydrogen-bond donors (Lipinski definition) is 0. The summed E-state index contributed by atoms with van der Waals surface area (Å²) in [7, 11) is -0.446. The van der Waals surface area contributed by atoms with E-state index >= 15 is 0 Å². The molecule has 0 aromatic carbocycles.